The van der Waals surface area contributed by atoms with Crippen LogP contribution in [0.1, 0.15) is 131 Å². The molecule has 0 saturated carbocycles. The molecule has 0 fully saturated rings. The maximum absolute atomic E-state index is 14.7. The normalized spacial score (nSPS) is 10.5. The summed E-state index contributed by atoms with van der Waals surface area (Å²) >= 11 is 0. The van der Waals surface area contributed by atoms with E-state index in [1.165, 1.54) is 94.6 Å². The molecule has 0 unspecified atom stereocenters. The molecule has 0 saturated heterocycles. The van der Waals surface area contributed by atoms with Gasteiger partial charge < -0.3 is 0 Å². The second-order valence-electron chi connectivity index (χ2n) is 11.1. The Kier molecular flexibility index (Phi) is 14.8. The van der Waals surface area contributed by atoms with Crippen molar-refractivity contribution in [3.8, 4) is 23.7 Å². The summed E-state index contributed by atoms with van der Waals surface area (Å²) in [6.07, 6.45) is 18.9. The molecule has 0 aliphatic rings. The van der Waals surface area contributed by atoms with E-state index in [1.807, 2.05) is 24.3 Å². The molecule has 2 heteroatoms. The van der Waals surface area contributed by atoms with Gasteiger partial charge in [-0.3, -0.25) is 0 Å². The lowest BCUT2D eigenvalue weighted by Crippen LogP contribution is -1.92. The molecule has 0 atom stereocenters. The van der Waals surface area contributed by atoms with E-state index in [4.69, 9.17) is 0 Å². The van der Waals surface area contributed by atoms with Crippen LogP contribution in [0.3, 0.4) is 0 Å². The molecule has 3 aromatic rings. The van der Waals surface area contributed by atoms with Crippen molar-refractivity contribution >= 4 is 0 Å². The van der Waals surface area contributed by atoms with E-state index in [2.05, 4.69) is 61.8 Å². The zero-order valence-electron chi connectivity index (χ0n) is 25.1. The van der Waals surface area contributed by atoms with Gasteiger partial charge in [-0.25, -0.2) is 8.78 Å². The molecule has 216 valence electrons. The topological polar surface area (TPSA) is 0 Å². The van der Waals surface area contributed by atoms with Gasteiger partial charge in [-0.05, 0) is 73.2 Å². The molecular weight excluding hydrogens is 506 g/mol. The second kappa shape index (κ2) is 18.9. The van der Waals surface area contributed by atoms with Crippen molar-refractivity contribution in [2.45, 2.75) is 110 Å². The van der Waals surface area contributed by atoms with Crippen LogP contribution in [0.25, 0.3) is 0 Å². The first kappa shape index (κ1) is 32.2. The standard InChI is InChI=1S/C39H46F2/c1-3-5-7-9-11-13-15-17-33-20-24-35(25-21-33)27-29-37-31-38(40)36(30-39(37)41)28-26-34-22-18-32(19-23-34)16-14-12-10-8-6-4-2/h18-25,30-31H,3-17H2,1-2H3. The van der Waals surface area contributed by atoms with Crippen LogP contribution in [0, 0.1) is 35.3 Å². The van der Waals surface area contributed by atoms with Crippen molar-refractivity contribution in [3.05, 3.63) is 106 Å². The zero-order valence-corrected chi connectivity index (χ0v) is 25.1. The molecule has 0 bridgehead atoms. The van der Waals surface area contributed by atoms with Crippen molar-refractivity contribution in [1.82, 2.24) is 0 Å². The largest absolute Gasteiger partial charge is 0.206 e. The Balaban J connectivity index is 1.51. The maximum atomic E-state index is 14.7. The lowest BCUT2D eigenvalue weighted by molar-refractivity contribution is 0.589. The average Bonchev–Trinajstić information content (AvgIpc) is 2.99. The first-order chi connectivity index (χ1) is 20.1. The fourth-order valence-electron chi connectivity index (χ4n) is 4.92. The molecular formula is C39H46F2. The summed E-state index contributed by atoms with van der Waals surface area (Å²) in [5.41, 5.74) is 4.23. The summed E-state index contributed by atoms with van der Waals surface area (Å²) in [6, 6.07) is 18.4. The Morgan fingerprint density at radius 3 is 1.15 bits per heavy atom. The van der Waals surface area contributed by atoms with E-state index in [0.717, 1.165) is 36.1 Å². The number of unbranched alkanes of at least 4 members (excludes halogenated alkanes) is 11. The smallest absolute Gasteiger partial charge is 0.140 e. The van der Waals surface area contributed by atoms with Crippen molar-refractivity contribution in [1.29, 1.82) is 0 Å². The van der Waals surface area contributed by atoms with Crippen LogP contribution in [0.4, 0.5) is 8.78 Å². The van der Waals surface area contributed by atoms with E-state index in [0.29, 0.717) is 0 Å². The Morgan fingerprint density at radius 2 is 0.780 bits per heavy atom. The van der Waals surface area contributed by atoms with Crippen molar-refractivity contribution in [2.24, 2.45) is 0 Å². The summed E-state index contributed by atoms with van der Waals surface area (Å²) in [5.74, 6) is 10.4. The van der Waals surface area contributed by atoms with Crippen molar-refractivity contribution in [2.75, 3.05) is 0 Å². The van der Waals surface area contributed by atoms with Gasteiger partial charge in [0.2, 0.25) is 0 Å². The van der Waals surface area contributed by atoms with Crippen LogP contribution >= 0.6 is 0 Å². The highest BCUT2D eigenvalue weighted by Crippen LogP contribution is 2.16. The molecule has 0 nitrogen and oxygen atoms in total. The summed E-state index contributed by atoms with van der Waals surface area (Å²) in [5, 5.41) is 0. The first-order valence-corrected chi connectivity index (χ1v) is 15.8. The molecule has 41 heavy (non-hydrogen) atoms. The highest BCUT2D eigenvalue weighted by molar-refractivity contribution is 5.49. The SMILES string of the molecule is CCCCCCCCCc1ccc(C#Cc2cc(F)c(C#Cc3ccc(CCCCCCCC)cc3)cc2F)cc1. The van der Waals surface area contributed by atoms with Crippen LogP contribution in [0.5, 0.6) is 0 Å². The predicted molar refractivity (Wildman–Crippen MR) is 170 cm³/mol. The number of hydrogen-bond acceptors (Lipinski definition) is 0. The average molecular weight is 553 g/mol. The van der Waals surface area contributed by atoms with Gasteiger partial charge in [0.05, 0.1) is 11.1 Å². The van der Waals surface area contributed by atoms with E-state index in [-0.39, 0.29) is 11.1 Å². The van der Waals surface area contributed by atoms with E-state index in [1.54, 1.807) is 0 Å². The molecule has 0 N–H and O–H groups in total. The summed E-state index contributed by atoms with van der Waals surface area (Å²) in [6.45, 7) is 4.48. The third-order valence-corrected chi connectivity index (χ3v) is 7.54. The number of halogens is 2. The van der Waals surface area contributed by atoms with Gasteiger partial charge in [-0.15, -0.1) is 0 Å². The molecule has 3 rings (SSSR count). The number of rotatable bonds is 15. The van der Waals surface area contributed by atoms with Crippen LogP contribution < -0.4 is 0 Å². The Morgan fingerprint density at radius 1 is 0.439 bits per heavy atom. The molecule has 0 spiro atoms. The first-order valence-electron chi connectivity index (χ1n) is 15.8. The quantitative estimate of drug-likeness (QED) is 0.130. The Labute approximate surface area is 248 Å². The highest BCUT2D eigenvalue weighted by Gasteiger charge is 2.07. The molecule has 0 aliphatic heterocycles. The van der Waals surface area contributed by atoms with Crippen molar-refractivity contribution < 1.29 is 8.78 Å². The fraction of sp³-hybridized carbons (Fsp3) is 0.436. The lowest BCUT2D eigenvalue weighted by Gasteiger charge is -2.03. The third-order valence-electron chi connectivity index (χ3n) is 7.54. The van der Waals surface area contributed by atoms with Gasteiger partial charge in [0.25, 0.3) is 0 Å². The maximum Gasteiger partial charge on any atom is 0.140 e. The number of hydrogen-bond donors (Lipinski definition) is 0. The van der Waals surface area contributed by atoms with E-state index < -0.39 is 11.6 Å². The molecule has 0 amide bonds. The van der Waals surface area contributed by atoms with Gasteiger partial charge in [0.1, 0.15) is 11.6 Å². The van der Waals surface area contributed by atoms with Gasteiger partial charge in [-0.2, -0.15) is 0 Å². The minimum absolute atomic E-state index is 0.0407. The third kappa shape index (κ3) is 12.4. The zero-order chi connectivity index (χ0) is 29.1. The van der Waals surface area contributed by atoms with Gasteiger partial charge in [0.15, 0.2) is 0 Å². The fourth-order valence-corrected chi connectivity index (χ4v) is 4.92. The summed E-state index contributed by atoms with van der Waals surface area (Å²) in [4.78, 5) is 0. The molecule has 0 radical (unpaired) electrons. The molecule has 0 aromatic heterocycles. The molecule has 0 aliphatic carbocycles. The van der Waals surface area contributed by atoms with E-state index >= 15 is 0 Å². The Hall–Kier alpha value is -3.36. The van der Waals surface area contributed by atoms with Gasteiger partial charge in [0, 0.05) is 11.1 Å². The van der Waals surface area contributed by atoms with Gasteiger partial charge in [-0.1, -0.05) is 132 Å². The number of aryl methyl sites for hydroxylation is 2. The monoisotopic (exact) mass is 552 g/mol. The van der Waals surface area contributed by atoms with Crippen molar-refractivity contribution in [3.63, 3.8) is 0 Å². The summed E-state index contributed by atoms with van der Waals surface area (Å²) < 4.78 is 29.4. The number of benzene rings is 3. The van der Waals surface area contributed by atoms with Crippen LogP contribution in [-0.2, 0) is 12.8 Å². The summed E-state index contributed by atoms with van der Waals surface area (Å²) in [7, 11) is 0. The predicted octanol–water partition coefficient (Wildman–Crippen LogP) is 11.0. The lowest BCUT2D eigenvalue weighted by atomic mass is 10.0. The molecule has 0 heterocycles. The Bertz CT molecular complexity index is 1290. The van der Waals surface area contributed by atoms with Crippen LogP contribution in [-0.4, -0.2) is 0 Å². The van der Waals surface area contributed by atoms with Crippen LogP contribution in [0.15, 0.2) is 60.7 Å². The second-order valence-corrected chi connectivity index (χ2v) is 11.1. The minimum atomic E-state index is -0.562. The molecule has 3 aromatic carbocycles. The van der Waals surface area contributed by atoms with Gasteiger partial charge >= 0.3 is 0 Å². The highest BCUT2D eigenvalue weighted by atomic mass is 19.1. The van der Waals surface area contributed by atoms with E-state index in [9.17, 15) is 8.78 Å². The van der Waals surface area contributed by atoms with Crippen LogP contribution in [0.2, 0.25) is 0 Å². The minimum Gasteiger partial charge on any atom is -0.206 e.